The van der Waals surface area contributed by atoms with E-state index in [1.165, 1.54) is 12.1 Å². The van der Waals surface area contributed by atoms with Gasteiger partial charge in [-0.05, 0) is 66.9 Å². The third-order valence-electron chi connectivity index (χ3n) is 8.29. The molecule has 248 valence electrons. The Balaban J connectivity index is 1.24. The molecule has 1 aromatic heterocycles. The average molecular weight is 667 g/mol. The number of sulfonamides is 1. The molecular weight excluding hydrogens is 628 g/mol. The van der Waals surface area contributed by atoms with Gasteiger partial charge >= 0.3 is 5.97 Å². The molecule has 11 heteroatoms. The van der Waals surface area contributed by atoms with Crippen LogP contribution in [0.5, 0.6) is 0 Å². The number of fused-ring (bicyclic) bond motifs is 1. The number of aromatic nitrogens is 1. The number of esters is 1. The number of anilines is 2. The molecule has 4 aromatic carbocycles. The van der Waals surface area contributed by atoms with Crippen molar-refractivity contribution in [3.8, 4) is 0 Å². The van der Waals surface area contributed by atoms with Gasteiger partial charge in [0.1, 0.15) is 19.2 Å². The van der Waals surface area contributed by atoms with Crippen molar-refractivity contribution in [3.63, 3.8) is 0 Å². The molecule has 2 N–H and O–H groups in total. The van der Waals surface area contributed by atoms with Gasteiger partial charge in [-0.15, -0.1) is 0 Å². The van der Waals surface area contributed by atoms with E-state index < -0.39 is 27.9 Å². The number of para-hydroxylation sites is 1. The van der Waals surface area contributed by atoms with E-state index >= 15 is 0 Å². The van der Waals surface area contributed by atoms with Gasteiger partial charge in [0.2, 0.25) is 15.9 Å². The summed E-state index contributed by atoms with van der Waals surface area (Å²) in [7, 11) is -4.06. The molecule has 1 aliphatic rings. The Hall–Kier alpha value is -4.97. The molecule has 0 radical (unpaired) electrons. The van der Waals surface area contributed by atoms with E-state index in [0.29, 0.717) is 24.5 Å². The van der Waals surface area contributed by atoms with Crippen LogP contribution >= 0.6 is 0 Å². The third kappa shape index (κ3) is 8.11. The van der Waals surface area contributed by atoms with E-state index in [1.54, 1.807) is 35.0 Å². The van der Waals surface area contributed by atoms with Crippen molar-refractivity contribution in [3.05, 3.63) is 126 Å². The summed E-state index contributed by atoms with van der Waals surface area (Å²) in [6, 6.07) is 29.7. The van der Waals surface area contributed by atoms with Gasteiger partial charge in [-0.3, -0.25) is 9.59 Å². The minimum absolute atomic E-state index is 0.0371. The molecule has 6 rings (SSSR count). The fourth-order valence-electron chi connectivity index (χ4n) is 5.73. The van der Waals surface area contributed by atoms with Crippen molar-refractivity contribution in [2.24, 2.45) is 0 Å². The Labute approximate surface area is 280 Å². The number of benzene rings is 4. The first-order chi connectivity index (χ1) is 23.2. The summed E-state index contributed by atoms with van der Waals surface area (Å²) in [5, 5.41) is 3.71. The molecule has 0 bridgehead atoms. The molecule has 5 aromatic rings. The van der Waals surface area contributed by atoms with Crippen LogP contribution < -0.4 is 14.9 Å². The monoisotopic (exact) mass is 666 g/mol. The van der Waals surface area contributed by atoms with Crippen LogP contribution in [0, 0.1) is 6.92 Å². The van der Waals surface area contributed by atoms with Gasteiger partial charge in [0, 0.05) is 41.6 Å². The molecule has 0 aliphatic carbocycles. The Kier molecular flexibility index (Phi) is 10.2. The van der Waals surface area contributed by atoms with Crippen molar-refractivity contribution in [1.29, 1.82) is 0 Å². The van der Waals surface area contributed by atoms with Crippen LogP contribution in [-0.2, 0) is 48.7 Å². The molecule has 1 atom stereocenters. The molecule has 1 aliphatic heterocycles. The minimum Gasteiger partial charge on any atom is -0.459 e. The fraction of sp³-hybridized carbons (Fsp3) is 0.243. The maximum Gasteiger partial charge on any atom is 0.326 e. The molecule has 0 unspecified atom stereocenters. The smallest absolute Gasteiger partial charge is 0.326 e. The molecule has 1 fully saturated rings. The van der Waals surface area contributed by atoms with Crippen molar-refractivity contribution >= 4 is 44.2 Å². The maximum atomic E-state index is 13.9. The minimum atomic E-state index is -4.06. The maximum absolute atomic E-state index is 13.9. The number of morpholine rings is 1. The van der Waals surface area contributed by atoms with Gasteiger partial charge in [0.05, 0.1) is 18.1 Å². The van der Waals surface area contributed by atoms with E-state index in [9.17, 15) is 18.0 Å². The first kappa shape index (κ1) is 33.0. The Morgan fingerprint density at radius 2 is 1.56 bits per heavy atom. The average Bonchev–Trinajstić information content (AvgIpc) is 3.44. The summed E-state index contributed by atoms with van der Waals surface area (Å²) >= 11 is 0. The van der Waals surface area contributed by atoms with Crippen LogP contribution in [0.4, 0.5) is 11.4 Å². The number of carbonyl (C=O) groups is 2. The summed E-state index contributed by atoms with van der Waals surface area (Å²) in [4.78, 5) is 29.0. The third-order valence-corrected chi connectivity index (χ3v) is 9.78. The molecular formula is C37H38N4O6S. The highest BCUT2D eigenvalue weighted by molar-refractivity contribution is 7.89. The number of rotatable bonds is 12. The zero-order valence-electron chi connectivity index (χ0n) is 26.7. The van der Waals surface area contributed by atoms with E-state index in [2.05, 4.69) is 14.9 Å². The highest BCUT2D eigenvalue weighted by Crippen LogP contribution is 2.25. The lowest BCUT2D eigenvalue weighted by Gasteiger charge is -2.29. The predicted octanol–water partition coefficient (Wildman–Crippen LogP) is 5.06. The summed E-state index contributed by atoms with van der Waals surface area (Å²) in [5.41, 5.74) is 4.83. The van der Waals surface area contributed by atoms with Crippen LogP contribution in [0.15, 0.2) is 114 Å². The van der Waals surface area contributed by atoms with Gasteiger partial charge in [-0.2, -0.15) is 4.72 Å². The number of nitrogens with zero attached hydrogens (tertiary/aromatic N) is 2. The first-order valence-corrected chi connectivity index (χ1v) is 17.3. The van der Waals surface area contributed by atoms with Gasteiger partial charge in [0.25, 0.3) is 0 Å². The van der Waals surface area contributed by atoms with E-state index in [1.807, 2.05) is 73.7 Å². The van der Waals surface area contributed by atoms with Gasteiger partial charge in [-0.25, -0.2) is 8.42 Å². The normalized spacial score (nSPS) is 14.1. The van der Waals surface area contributed by atoms with Gasteiger partial charge in [-0.1, -0.05) is 66.2 Å². The van der Waals surface area contributed by atoms with E-state index in [-0.39, 0.29) is 24.5 Å². The highest BCUT2D eigenvalue weighted by Gasteiger charge is 2.28. The number of carbonyl (C=O) groups excluding carboxylic acids is 2. The Morgan fingerprint density at radius 3 is 2.29 bits per heavy atom. The number of hydrogen-bond acceptors (Lipinski definition) is 7. The van der Waals surface area contributed by atoms with Gasteiger partial charge in [0.15, 0.2) is 0 Å². The summed E-state index contributed by atoms with van der Waals surface area (Å²) in [6.07, 6.45) is 1.82. The summed E-state index contributed by atoms with van der Waals surface area (Å²) in [5.74, 6) is -0.926. The van der Waals surface area contributed by atoms with Gasteiger partial charge < -0.3 is 24.3 Å². The zero-order chi connectivity index (χ0) is 33.5. The van der Waals surface area contributed by atoms with Crippen molar-refractivity contribution in [2.75, 3.05) is 36.5 Å². The number of nitrogens with one attached hydrogen (secondary N) is 2. The van der Waals surface area contributed by atoms with Crippen molar-refractivity contribution in [2.45, 2.75) is 37.4 Å². The quantitative estimate of drug-likeness (QED) is 0.179. The molecule has 0 spiro atoms. The fourth-order valence-corrected chi connectivity index (χ4v) is 6.92. The van der Waals surface area contributed by atoms with Crippen LogP contribution in [0.25, 0.3) is 10.9 Å². The predicted molar refractivity (Wildman–Crippen MR) is 185 cm³/mol. The molecule has 2 heterocycles. The first-order valence-electron chi connectivity index (χ1n) is 15.8. The molecule has 10 nitrogen and oxygen atoms in total. The number of aryl methyl sites for hydroxylation is 1. The molecule has 1 amide bonds. The second-order valence-electron chi connectivity index (χ2n) is 11.8. The van der Waals surface area contributed by atoms with Crippen LogP contribution in [-0.4, -0.2) is 57.2 Å². The molecule has 0 saturated carbocycles. The lowest BCUT2D eigenvalue weighted by atomic mass is 10.0. The summed E-state index contributed by atoms with van der Waals surface area (Å²) in [6.45, 7) is 4.87. The highest BCUT2D eigenvalue weighted by atomic mass is 32.2. The zero-order valence-corrected chi connectivity index (χ0v) is 27.5. The topological polar surface area (TPSA) is 119 Å². The van der Waals surface area contributed by atoms with Crippen LogP contribution in [0.1, 0.15) is 16.7 Å². The second kappa shape index (κ2) is 14.8. The van der Waals surface area contributed by atoms with Crippen molar-refractivity contribution in [1.82, 2.24) is 9.29 Å². The lowest BCUT2D eigenvalue weighted by molar-refractivity contribution is -0.145. The SMILES string of the molecule is Cc1ccc(S(=O)(=O)N[C@@H](Cc2cn(CC(=O)OCc3ccccc3)c3ccccc23)C(=O)Nc2ccc(N3CCOCC3)cc2)cc1. The lowest BCUT2D eigenvalue weighted by Crippen LogP contribution is -2.45. The number of amides is 1. The van der Waals surface area contributed by atoms with E-state index in [4.69, 9.17) is 9.47 Å². The Bertz CT molecular complexity index is 1970. The van der Waals surface area contributed by atoms with Crippen molar-refractivity contribution < 1.29 is 27.5 Å². The second-order valence-corrected chi connectivity index (χ2v) is 13.5. The van der Waals surface area contributed by atoms with E-state index in [0.717, 1.165) is 40.8 Å². The standard InChI is InChI=1S/C37H38N4O6S/c1-27-11-17-32(18-12-27)48(44,45)39-34(37(43)38-30-13-15-31(16-14-30)40-19-21-46-22-20-40)23-29-24-41(35-10-6-5-9-33(29)35)25-36(42)47-26-28-7-3-2-4-8-28/h2-18,24,34,39H,19-23,25-26H2,1H3,(H,38,43)/t34-/m0/s1. The van der Waals surface area contributed by atoms with Crippen LogP contribution in [0.2, 0.25) is 0 Å². The number of hydrogen-bond donors (Lipinski definition) is 2. The Morgan fingerprint density at radius 1 is 0.875 bits per heavy atom. The largest absolute Gasteiger partial charge is 0.459 e. The molecule has 48 heavy (non-hydrogen) atoms. The summed E-state index contributed by atoms with van der Waals surface area (Å²) < 4.78 is 42.5. The van der Waals surface area contributed by atoms with Crippen LogP contribution in [0.3, 0.4) is 0 Å². The molecule has 1 saturated heterocycles. The number of ether oxygens (including phenoxy) is 2.